The van der Waals surface area contributed by atoms with Crippen LogP contribution in [0.25, 0.3) is 0 Å². The molecule has 0 aromatic heterocycles. The summed E-state index contributed by atoms with van der Waals surface area (Å²) in [6.07, 6.45) is 0.799. The van der Waals surface area contributed by atoms with E-state index in [1.807, 2.05) is 32.0 Å². The number of nitrogens with two attached hydrogens (primary N) is 1. The highest BCUT2D eigenvalue weighted by molar-refractivity contribution is 9.10. The van der Waals surface area contributed by atoms with E-state index < -0.39 is 10.0 Å². The zero-order chi connectivity index (χ0) is 15.8. The number of hydrogen-bond donors (Lipinski definition) is 1. The molecule has 118 valence electrons. The van der Waals surface area contributed by atoms with E-state index in [-0.39, 0.29) is 5.41 Å². The standard InChI is InChI=1S/C14H22BrN3O2S/c1-14(9-16)6-7-18(10-14)21(19,20)13-8-11(17(2)3)4-5-12(13)15/h4-5,8H,6-7,9-10,16H2,1-3H3. The molecule has 2 N–H and O–H groups in total. The second-order valence-corrected chi connectivity index (χ2v) is 8.87. The van der Waals surface area contributed by atoms with Gasteiger partial charge in [-0.3, -0.25) is 0 Å². The first-order valence-corrected chi connectivity index (χ1v) is 9.10. The molecule has 1 unspecified atom stereocenters. The minimum atomic E-state index is -3.50. The van der Waals surface area contributed by atoms with Gasteiger partial charge in [-0.1, -0.05) is 6.92 Å². The number of rotatable bonds is 4. The molecule has 1 heterocycles. The summed E-state index contributed by atoms with van der Waals surface area (Å²) in [6.45, 7) is 3.53. The number of halogens is 1. The van der Waals surface area contributed by atoms with Gasteiger partial charge in [-0.15, -0.1) is 0 Å². The third-order valence-corrected chi connectivity index (χ3v) is 6.90. The topological polar surface area (TPSA) is 66.6 Å². The summed E-state index contributed by atoms with van der Waals surface area (Å²) in [5.41, 5.74) is 6.50. The van der Waals surface area contributed by atoms with Crippen molar-refractivity contribution >= 4 is 31.6 Å². The molecule has 0 saturated carbocycles. The normalized spacial score (nSPS) is 23.5. The van der Waals surface area contributed by atoms with Gasteiger partial charge in [0.2, 0.25) is 10.0 Å². The van der Waals surface area contributed by atoms with E-state index in [1.165, 1.54) is 0 Å². The summed E-state index contributed by atoms with van der Waals surface area (Å²) in [6, 6.07) is 5.37. The highest BCUT2D eigenvalue weighted by Crippen LogP contribution is 2.35. The maximum Gasteiger partial charge on any atom is 0.244 e. The second-order valence-electron chi connectivity index (χ2n) is 6.11. The quantitative estimate of drug-likeness (QED) is 0.872. The Morgan fingerprint density at radius 2 is 2.10 bits per heavy atom. The number of anilines is 1. The molecule has 0 radical (unpaired) electrons. The summed E-state index contributed by atoms with van der Waals surface area (Å²) in [4.78, 5) is 2.20. The molecule has 1 fully saturated rings. The van der Waals surface area contributed by atoms with Crippen molar-refractivity contribution in [2.24, 2.45) is 11.1 Å². The predicted molar refractivity (Wildman–Crippen MR) is 89.0 cm³/mol. The van der Waals surface area contributed by atoms with E-state index in [2.05, 4.69) is 15.9 Å². The van der Waals surface area contributed by atoms with Crippen molar-refractivity contribution in [1.29, 1.82) is 0 Å². The van der Waals surface area contributed by atoms with E-state index >= 15 is 0 Å². The van der Waals surface area contributed by atoms with Gasteiger partial charge in [-0.05, 0) is 52.5 Å². The summed E-state index contributed by atoms with van der Waals surface area (Å²) >= 11 is 3.36. The average molecular weight is 376 g/mol. The van der Waals surface area contributed by atoms with E-state index in [4.69, 9.17) is 5.73 Å². The van der Waals surface area contributed by atoms with Crippen LogP contribution in [-0.4, -0.2) is 46.5 Å². The fourth-order valence-electron chi connectivity index (χ4n) is 2.46. The molecule has 7 heteroatoms. The Balaban J connectivity index is 2.39. The van der Waals surface area contributed by atoms with Crippen LogP contribution in [0.4, 0.5) is 5.69 Å². The van der Waals surface area contributed by atoms with E-state index in [0.29, 0.717) is 29.0 Å². The van der Waals surface area contributed by atoms with Gasteiger partial charge in [0.25, 0.3) is 0 Å². The van der Waals surface area contributed by atoms with Crippen molar-refractivity contribution < 1.29 is 8.42 Å². The molecule has 2 rings (SSSR count). The lowest BCUT2D eigenvalue weighted by Gasteiger charge is -2.23. The van der Waals surface area contributed by atoms with Gasteiger partial charge >= 0.3 is 0 Å². The Bertz CT molecular complexity index is 633. The number of sulfonamides is 1. The van der Waals surface area contributed by atoms with E-state index in [9.17, 15) is 8.42 Å². The van der Waals surface area contributed by atoms with Crippen LogP contribution >= 0.6 is 15.9 Å². The van der Waals surface area contributed by atoms with Crippen molar-refractivity contribution in [2.45, 2.75) is 18.2 Å². The highest BCUT2D eigenvalue weighted by atomic mass is 79.9. The molecular formula is C14H22BrN3O2S. The molecule has 0 spiro atoms. The van der Waals surface area contributed by atoms with Crippen LogP contribution in [0.15, 0.2) is 27.6 Å². The lowest BCUT2D eigenvalue weighted by molar-refractivity contribution is 0.349. The largest absolute Gasteiger partial charge is 0.378 e. The number of benzene rings is 1. The van der Waals surface area contributed by atoms with Crippen LogP contribution in [0.2, 0.25) is 0 Å². The Kier molecular flexibility index (Phi) is 4.68. The first kappa shape index (κ1) is 16.7. The van der Waals surface area contributed by atoms with Gasteiger partial charge in [0.1, 0.15) is 0 Å². The summed E-state index contributed by atoms with van der Waals surface area (Å²) in [5.74, 6) is 0. The average Bonchev–Trinajstić information content (AvgIpc) is 2.83. The lowest BCUT2D eigenvalue weighted by Crippen LogP contribution is -2.34. The third kappa shape index (κ3) is 3.26. The summed E-state index contributed by atoms with van der Waals surface area (Å²) in [7, 11) is 0.277. The van der Waals surface area contributed by atoms with Crippen LogP contribution in [-0.2, 0) is 10.0 Å². The second kappa shape index (κ2) is 5.87. The molecule has 1 aliphatic rings. The zero-order valence-corrected chi connectivity index (χ0v) is 15.0. The molecular weight excluding hydrogens is 354 g/mol. The molecule has 0 bridgehead atoms. The number of nitrogens with zero attached hydrogens (tertiary/aromatic N) is 2. The Hall–Kier alpha value is -0.630. The first-order chi connectivity index (χ1) is 9.69. The lowest BCUT2D eigenvalue weighted by atomic mass is 9.90. The fourth-order valence-corrected chi connectivity index (χ4v) is 4.99. The van der Waals surface area contributed by atoms with Crippen molar-refractivity contribution in [3.63, 3.8) is 0 Å². The molecule has 1 atom stereocenters. The maximum atomic E-state index is 12.9. The zero-order valence-electron chi connectivity index (χ0n) is 12.6. The van der Waals surface area contributed by atoms with Crippen molar-refractivity contribution in [3.05, 3.63) is 22.7 Å². The van der Waals surface area contributed by atoms with Gasteiger partial charge < -0.3 is 10.6 Å². The van der Waals surface area contributed by atoms with E-state index in [1.54, 1.807) is 16.4 Å². The van der Waals surface area contributed by atoms with Gasteiger partial charge in [0, 0.05) is 37.3 Å². The van der Waals surface area contributed by atoms with Crippen molar-refractivity contribution in [2.75, 3.05) is 38.6 Å². The molecule has 0 amide bonds. The minimum absolute atomic E-state index is 0.126. The first-order valence-electron chi connectivity index (χ1n) is 6.87. The van der Waals surface area contributed by atoms with Crippen molar-refractivity contribution in [1.82, 2.24) is 4.31 Å². The van der Waals surface area contributed by atoms with Crippen LogP contribution in [0.1, 0.15) is 13.3 Å². The highest BCUT2D eigenvalue weighted by Gasteiger charge is 2.39. The third-order valence-electron chi connectivity index (χ3n) is 4.06. The van der Waals surface area contributed by atoms with Gasteiger partial charge in [0.15, 0.2) is 0 Å². The predicted octanol–water partition coefficient (Wildman–Crippen LogP) is 1.87. The van der Waals surface area contributed by atoms with E-state index in [0.717, 1.165) is 12.1 Å². The maximum absolute atomic E-state index is 12.9. The Morgan fingerprint density at radius 3 is 2.62 bits per heavy atom. The van der Waals surface area contributed by atoms with Crippen LogP contribution in [0.5, 0.6) is 0 Å². The molecule has 1 saturated heterocycles. The molecule has 21 heavy (non-hydrogen) atoms. The minimum Gasteiger partial charge on any atom is -0.378 e. The number of hydrogen-bond acceptors (Lipinski definition) is 4. The smallest absolute Gasteiger partial charge is 0.244 e. The summed E-state index contributed by atoms with van der Waals surface area (Å²) in [5, 5.41) is 0. The van der Waals surface area contributed by atoms with Gasteiger partial charge in [-0.2, -0.15) is 4.31 Å². The molecule has 5 nitrogen and oxygen atoms in total. The van der Waals surface area contributed by atoms with Crippen molar-refractivity contribution in [3.8, 4) is 0 Å². The Morgan fingerprint density at radius 1 is 1.43 bits per heavy atom. The van der Waals surface area contributed by atoms with Gasteiger partial charge in [0.05, 0.1) is 4.90 Å². The SMILES string of the molecule is CN(C)c1ccc(Br)c(S(=O)(=O)N2CCC(C)(CN)C2)c1. The molecule has 1 aliphatic heterocycles. The van der Waals surface area contributed by atoms with Crippen LogP contribution in [0.3, 0.4) is 0 Å². The van der Waals surface area contributed by atoms with Gasteiger partial charge in [-0.25, -0.2) is 8.42 Å². The monoisotopic (exact) mass is 375 g/mol. The Labute approximate surface area is 135 Å². The van der Waals surface area contributed by atoms with Crippen LogP contribution in [0, 0.1) is 5.41 Å². The molecule has 1 aromatic carbocycles. The fraction of sp³-hybridized carbons (Fsp3) is 0.571. The molecule has 0 aliphatic carbocycles. The molecule has 1 aromatic rings. The summed E-state index contributed by atoms with van der Waals surface area (Å²) < 4.78 is 27.9. The van der Waals surface area contributed by atoms with Crippen LogP contribution < -0.4 is 10.6 Å².